The van der Waals surface area contributed by atoms with Crippen molar-refractivity contribution in [3.63, 3.8) is 0 Å². The highest BCUT2D eigenvalue weighted by atomic mass is 16.4. The summed E-state index contributed by atoms with van der Waals surface area (Å²) in [5, 5.41) is 10.5. The van der Waals surface area contributed by atoms with Crippen LogP contribution in [0.4, 0.5) is 5.82 Å². The average Bonchev–Trinajstić information content (AvgIpc) is 2.67. The molecule has 0 fully saturated rings. The van der Waals surface area contributed by atoms with Crippen LogP contribution in [0.5, 0.6) is 0 Å². The summed E-state index contributed by atoms with van der Waals surface area (Å²) in [5.41, 5.74) is 7.03. The third-order valence-electron chi connectivity index (χ3n) is 2.68. The summed E-state index contributed by atoms with van der Waals surface area (Å²) in [6.07, 6.45) is 1.34. The van der Waals surface area contributed by atoms with Crippen LogP contribution >= 0.6 is 0 Å². The Balaban J connectivity index is 2.56. The fraction of sp³-hybridized carbons (Fsp3) is 0. The number of hydrogen-bond donors (Lipinski definition) is 3. The SMILES string of the molecule is Nc1ncnc2[nH]c3c(C(=O)O)cccc3c12. The summed E-state index contributed by atoms with van der Waals surface area (Å²) in [4.78, 5) is 22.0. The van der Waals surface area contributed by atoms with Gasteiger partial charge in [-0.15, -0.1) is 0 Å². The molecule has 0 aliphatic rings. The standard InChI is InChI=1S/C11H8N4O2/c12-9-7-5-2-1-3-6(11(16)17)8(5)15-10(7)14-4-13-9/h1-4H,(H,16,17)(H3,12,13,14,15). The van der Waals surface area contributed by atoms with E-state index >= 15 is 0 Å². The highest BCUT2D eigenvalue weighted by molar-refractivity contribution is 6.15. The maximum Gasteiger partial charge on any atom is 0.337 e. The molecule has 17 heavy (non-hydrogen) atoms. The number of aromatic carboxylic acids is 1. The molecule has 6 nitrogen and oxygen atoms in total. The smallest absolute Gasteiger partial charge is 0.337 e. The lowest BCUT2D eigenvalue weighted by Crippen LogP contribution is -1.96. The number of aromatic nitrogens is 3. The number of benzene rings is 1. The van der Waals surface area contributed by atoms with Crippen LogP contribution in [0.25, 0.3) is 21.9 Å². The minimum Gasteiger partial charge on any atom is -0.478 e. The molecule has 0 unspecified atom stereocenters. The predicted octanol–water partition coefficient (Wildman–Crippen LogP) is 1.39. The molecule has 0 aliphatic heterocycles. The van der Waals surface area contributed by atoms with Gasteiger partial charge in [-0.25, -0.2) is 14.8 Å². The molecule has 2 aromatic heterocycles. The van der Waals surface area contributed by atoms with Crippen molar-refractivity contribution in [3.05, 3.63) is 30.1 Å². The Labute approximate surface area is 95.1 Å². The van der Waals surface area contributed by atoms with E-state index in [2.05, 4.69) is 15.0 Å². The van der Waals surface area contributed by atoms with Crippen molar-refractivity contribution in [3.8, 4) is 0 Å². The van der Waals surface area contributed by atoms with Crippen LogP contribution < -0.4 is 5.73 Å². The number of carboxylic acid groups (broad SMARTS) is 1. The normalized spacial score (nSPS) is 11.1. The molecule has 0 atom stereocenters. The van der Waals surface area contributed by atoms with Gasteiger partial charge in [-0.1, -0.05) is 12.1 Å². The minimum absolute atomic E-state index is 0.194. The van der Waals surface area contributed by atoms with E-state index in [0.29, 0.717) is 22.4 Å². The van der Waals surface area contributed by atoms with E-state index in [1.165, 1.54) is 12.4 Å². The highest BCUT2D eigenvalue weighted by Gasteiger charge is 2.14. The van der Waals surface area contributed by atoms with Crippen molar-refractivity contribution >= 4 is 33.7 Å². The topological polar surface area (TPSA) is 105 Å². The Hall–Kier alpha value is -2.63. The Morgan fingerprint density at radius 2 is 2.18 bits per heavy atom. The summed E-state index contributed by atoms with van der Waals surface area (Å²) >= 11 is 0. The third-order valence-corrected chi connectivity index (χ3v) is 2.68. The second-order valence-corrected chi connectivity index (χ2v) is 3.64. The zero-order chi connectivity index (χ0) is 12.0. The van der Waals surface area contributed by atoms with Crippen LogP contribution in [0.3, 0.4) is 0 Å². The summed E-state index contributed by atoms with van der Waals surface area (Å²) in [6, 6.07) is 5.00. The summed E-state index contributed by atoms with van der Waals surface area (Å²) < 4.78 is 0. The molecule has 1 aromatic carbocycles. The van der Waals surface area contributed by atoms with Crippen molar-refractivity contribution < 1.29 is 9.90 Å². The third kappa shape index (κ3) is 1.24. The maximum atomic E-state index is 11.1. The first-order valence-electron chi connectivity index (χ1n) is 4.92. The van der Waals surface area contributed by atoms with Crippen LogP contribution in [0, 0.1) is 0 Å². The van der Waals surface area contributed by atoms with Gasteiger partial charge in [0.05, 0.1) is 16.5 Å². The molecule has 4 N–H and O–H groups in total. The zero-order valence-electron chi connectivity index (χ0n) is 8.64. The molecule has 0 radical (unpaired) electrons. The molecule has 0 saturated heterocycles. The number of nitrogen functional groups attached to an aromatic ring is 1. The van der Waals surface area contributed by atoms with Gasteiger partial charge in [0, 0.05) is 5.39 Å². The van der Waals surface area contributed by atoms with E-state index in [4.69, 9.17) is 10.8 Å². The Kier molecular flexibility index (Phi) is 1.79. The number of hydrogen-bond acceptors (Lipinski definition) is 4. The predicted molar refractivity (Wildman–Crippen MR) is 62.8 cm³/mol. The second kappa shape index (κ2) is 3.18. The van der Waals surface area contributed by atoms with Gasteiger partial charge in [-0.3, -0.25) is 0 Å². The van der Waals surface area contributed by atoms with Gasteiger partial charge in [0.25, 0.3) is 0 Å². The number of carbonyl (C=O) groups is 1. The molecule has 0 spiro atoms. The number of H-pyrrole nitrogens is 1. The monoisotopic (exact) mass is 228 g/mol. The van der Waals surface area contributed by atoms with Gasteiger partial charge < -0.3 is 15.8 Å². The lowest BCUT2D eigenvalue weighted by molar-refractivity contribution is 0.0699. The molecule has 3 rings (SSSR count). The van der Waals surface area contributed by atoms with Crippen molar-refractivity contribution in [1.82, 2.24) is 15.0 Å². The highest BCUT2D eigenvalue weighted by Crippen LogP contribution is 2.29. The molecule has 0 saturated carbocycles. The van der Waals surface area contributed by atoms with Crippen LogP contribution in [0.15, 0.2) is 24.5 Å². The largest absolute Gasteiger partial charge is 0.478 e. The van der Waals surface area contributed by atoms with E-state index in [1.807, 2.05) is 0 Å². The number of rotatable bonds is 1. The minimum atomic E-state index is -0.992. The van der Waals surface area contributed by atoms with E-state index in [9.17, 15) is 4.79 Å². The lowest BCUT2D eigenvalue weighted by atomic mass is 10.1. The van der Waals surface area contributed by atoms with Gasteiger partial charge in [0.1, 0.15) is 17.8 Å². The first-order chi connectivity index (χ1) is 8.18. The number of carboxylic acids is 1. The molecule has 0 amide bonds. The number of nitrogens with zero attached hydrogens (tertiary/aromatic N) is 2. The first-order valence-corrected chi connectivity index (χ1v) is 4.92. The molecule has 2 heterocycles. The second-order valence-electron chi connectivity index (χ2n) is 3.64. The number of nitrogens with two attached hydrogens (primary N) is 1. The molecule has 84 valence electrons. The van der Waals surface area contributed by atoms with E-state index < -0.39 is 5.97 Å². The van der Waals surface area contributed by atoms with Gasteiger partial charge >= 0.3 is 5.97 Å². The van der Waals surface area contributed by atoms with Crippen molar-refractivity contribution in [2.75, 3.05) is 5.73 Å². The molecular formula is C11H8N4O2. The zero-order valence-corrected chi connectivity index (χ0v) is 8.64. The van der Waals surface area contributed by atoms with Crippen LogP contribution in [0.2, 0.25) is 0 Å². The molecular weight excluding hydrogens is 220 g/mol. The van der Waals surface area contributed by atoms with Crippen molar-refractivity contribution in [2.24, 2.45) is 0 Å². The quantitative estimate of drug-likeness (QED) is 0.583. The van der Waals surface area contributed by atoms with E-state index in [-0.39, 0.29) is 5.56 Å². The molecule has 0 bridgehead atoms. The van der Waals surface area contributed by atoms with Crippen LogP contribution in [0.1, 0.15) is 10.4 Å². The number of anilines is 1. The molecule has 3 aromatic rings. The lowest BCUT2D eigenvalue weighted by Gasteiger charge is -1.96. The number of aromatic amines is 1. The summed E-state index contributed by atoms with van der Waals surface area (Å²) in [5.74, 6) is -0.655. The number of para-hydroxylation sites is 1. The first kappa shape index (κ1) is 9.59. The number of fused-ring (bicyclic) bond motifs is 3. The van der Waals surface area contributed by atoms with Gasteiger partial charge in [-0.2, -0.15) is 0 Å². The fourth-order valence-electron chi connectivity index (χ4n) is 1.95. The van der Waals surface area contributed by atoms with Gasteiger partial charge in [0.2, 0.25) is 0 Å². The average molecular weight is 228 g/mol. The van der Waals surface area contributed by atoms with E-state index in [1.54, 1.807) is 12.1 Å². The van der Waals surface area contributed by atoms with E-state index in [0.717, 1.165) is 5.39 Å². The Morgan fingerprint density at radius 1 is 1.35 bits per heavy atom. The summed E-state index contributed by atoms with van der Waals surface area (Å²) in [6.45, 7) is 0. The van der Waals surface area contributed by atoms with Crippen LogP contribution in [-0.2, 0) is 0 Å². The van der Waals surface area contributed by atoms with Crippen LogP contribution in [-0.4, -0.2) is 26.0 Å². The molecule has 0 aliphatic carbocycles. The van der Waals surface area contributed by atoms with Crippen molar-refractivity contribution in [1.29, 1.82) is 0 Å². The maximum absolute atomic E-state index is 11.1. The van der Waals surface area contributed by atoms with Gasteiger partial charge in [0.15, 0.2) is 0 Å². The van der Waals surface area contributed by atoms with Gasteiger partial charge in [-0.05, 0) is 6.07 Å². The molecule has 6 heteroatoms. The Bertz CT molecular complexity index is 748. The number of nitrogens with one attached hydrogen (secondary N) is 1. The fourth-order valence-corrected chi connectivity index (χ4v) is 1.95. The Morgan fingerprint density at radius 3 is 2.94 bits per heavy atom. The van der Waals surface area contributed by atoms with Crippen molar-refractivity contribution in [2.45, 2.75) is 0 Å². The summed E-state index contributed by atoms with van der Waals surface area (Å²) in [7, 11) is 0.